The van der Waals surface area contributed by atoms with E-state index in [0.717, 1.165) is 34.4 Å². The molecule has 0 aliphatic heterocycles. The van der Waals surface area contributed by atoms with E-state index in [9.17, 15) is 14.4 Å². The van der Waals surface area contributed by atoms with Crippen molar-refractivity contribution in [3.8, 4) is 39.0 Å². The normalized spacial score (nSPS) is 11.5. The van der Waals surface area contributed by atoms with Crippen LogP contribution >= 0.6 is 68.0 Å². The fourth-order valence-corrected chi connectivity index (χ4v) is 14.7. The van der Waals surface area contributed by atoms with E-state index in [0.29, 0.717) is 91.3 Å². The highest BCUT2D eigenvalue weighted by molar-refractivity contribution is 7.26. The molecule has 6 heterocycles. The molecule has 0 fully saturated rings. The molecule has 3 aromatic carbocycles. The lowest BCUT2D eigenvalue weighted by atomic mass is 10.0. The smallest absolute Gasteiger partial charge is 0.307 e. The number of benzene rings is 3. The molecule has 1 amide bonds. The van der Waals surface area contributed by atoms with E-state index in [2.05, 4.69) is 112 Å². The van der Waals surface area contributed by atoms with E-state index in [-0.39, 0.29) is 57.7 Å². The fraction of sp³-hybridized carbons (Fsp3) is 0.349. The van der Waals surface area contributed by atoms with Crippen molar-refractivity contribution in [2.24, 2.45) is 0 Å². The highest BCUT2D eigenvalue weighted by Crippen LogP contribution is 2.43. The Labute approximate surface area is 503 Å². The number of rotatable bonds is 38. The van der Waals surface area contributed by atoms with Gasteiger partial charge in [-0.25, -0.2) is 0 Å². The lowest BCUT2D eigenvalue weighted by molar-refractivity contribution is -0.146. The highest BCUT2D eigenvalue weighted by Gasteiger charge is 2.20. The summed E-state index contributed by atoms with van der Waals surface area (Å²) in [5.41, 5.74) is 3.13. The molecule has 19 heteroatoms. The minimum atomic E-state index is -0.432. The van der Waals surface area contributed by atoms with E-state index in [1.807, 2.05) is 53.0 Å². The van der Waals surface area contributed by atoms with Crippen LogP contribution in [0.1, 0.15) is 34.3 Å². The van der Waals surface area contributed by atoms with Gasteiger partial charge in [-0.3, -0.25) is 14.4 Å². The van der Waals surface area contributed by atoms with Crippen molar-refractivity contribution >= 4 is 107 Å². The van der Waals surface area contributed by atoms with Gasteiger partial charge in [0.25, 0.3) is 5.91 Å². The van der Waals surface area contributed by atoms with Crippen molar-refractivity contribution in [3.05, 3.63) is 153 Å². The Balaban J connectivity index is 0.611. The Morgan fingerprint density at radius 1 is 0.390 bits per heavy atom. The SMILES string of the molecule is O=C(CCNCCN(CCC(=O)OCCOCCOCCOCCc1cc(-c2cccs2)sc1-c1cccs1)C(=O)c1ccc2cc3ccccc3cc2c1)OCCOCCOCCOCCc1cc(-c2cccs2)sc1-c1cccs1. The van der Waals surface area contributed by atoms with E-state index in [1.165, 1.54) is 50.1 Å². The van der Waals surface area contributed by atoms with Crippen molar-refractivity contribution in [1.29, 1.82) is 0 Å². The molecule has 0 radical (unpaired) electrons. The number of nitrogens with one attached hydrogen (secondary N) is 1. The van der Waals surface area contributed by atoms with Crippen LogP contribution in [-0.4, -0.2) is 141 Å². The first-order valence-electron chi connectivity index (χ1n) is 27.6. The zero-order valence-electron chi connectivity index (χ0n) is 45.7. The molecule has 0 spiro atoms. The van der Waals surface area contributed by atoms with E-state index in [1.54, 1.807) is 50.2 Å². The molecule has 0 saturated carbocycles. The van der Waals surface area contributed by atoms with Gasteiger partial charge < -0.3 is 48.1 Å². The monoisotopic (exact) mass is 1220 g/mol. The molecule has 6 aromatic heterocycles. The van der Waals surface area contributed by atoms with Gasteiger partial charge in [-0.05, 0) is 128 Å². The number of nitrogens with zero attached hydrogens (tertiary/aromatic N) is 1. The summed E-state index contributed by atoms with van der Waals surface area (Å²) in [5, 5.41) is 15.9. The number of esters is 2. The number of hydrogen-bond donors (Lipinski definition) is 1. The van der Waals surface area contributed by atoms with Gasteiger partial charge in [0.15, 0.2) is 0 Å². The third-order valence-corrected chi connectivity index (χ3v) is 19.6. The van der Waals surface area contributed by atoms with Crippen LogP contribution in [0.25, 0.3) is 60.6 Å². The molecule has 9 rings (SSSR count). The van der Waals surface area contributed by atoms with Gasteiger partial charge in [-0.1, -0.05) is 54.6 Å². The standard InChI is InChI=1S/C63H68N2O11S6/c66-59(75-35-33-73-31-29-71-27-25-69-23-17-49-44-57(53-9-3-37-77-53)81-61(49)55-11-5-39-79-55)15-19-64-20-22-65(63(68)51-14-13-48-41-46-7-1-2-8-47(46)42-52(48)43-51)21-16-60(67)76-36-34-74-32-30-72-28-26-70-24-18-50-45-58(54-10-4-38-78-54)82-62(50)56-12-6-40-80-56/h1-14,37-45,64H,15-36H2. The topological polar surface area (TPSA) is 140 Å². The van der Waals surface area contributed by atoms with Crippen LogP contribution < -0.4 is 5.32 Å². The maximum absolute atomic E-state index is 14.1. The average Bonchev–Trinajstić information content (AvgIpc) is 4.45. The predicted molar refractivity (Wildman–Crippen MR) is 336 cm³/mol. The van der Waals surface area contributed by atoms with Crippen molar-refractivity contribution < 1.29 is 52.3 Å². The second-order valence-corrected chi connectivity index (χ2v) is 24.7. The van der Waals surface area contributed by atoms with Crippen LogP contribution in [0.3, 0.4) is 0 Å². The maximum Gasteiger partial charge on any atom is 0.307 e. The molecule has 13 nitrogen and oxygen atoms in total. The summed E-state index contributed by atoms with van der Waals surface area (Å²) < 4.78 is 45.3. The zero-order chi connectivity index (χ0) is 56.4. The van der Waals surface area contributed by atoms with Crippen LogP contribution in [0, 0.1) is 0 Å². The molecule has 0 atom stereocenters. The number of carbonyl (C=O) groups is 3. The number of fused-ring (bicyclic) bond motifs is 2. The zero-order valence-corrected chi connectivity index (χ0v) is 50.6. The second-order valence-electron chi connectivity index (χ2n) is 18.8. The lowest BCUT2D eigenvalue weighted by Gasteiger charge is -2.23. The molecule has 9 aromatic rings. The van der Waals surface area contributed by atoms with Crippen molar-refractivity contribution in [2.75, 3.05) is 119 Å². The Morgan fingerprint density at radius 2 is 0.829 bits per heavy atom. The van der Waals surface area contributed by atoms with Gasteiger partial charge in [0.1, 0.15) is 13.2 Å². The highest BCUT2D eigenvalue weighted by atomic mass is 32.1. The van der Waals surface area contributed by atoms with Crippen LogP contribution in [0.2, 0.25) is 0 Å². The fourth-order valence-electron chi connectivity index (χ4n) is 8.89. The quantitative estimate of drug-likeness (QED) is 0.0224. The predicted octanol–water partition coefficient (Wildman–Crippen LogP) is 13.5. The molecule has 0 aliphatic carbocycles. The molecule has 0 bridgehead atoms. The van der Waals surface area contributed by atoms with Gasteiger partial charge in [-0.2, -0.15) is 0 Å². The second kappa shape index (κ2) is 33.7. The minimum Gasteiger partial charge on any atom is -0.463 e. The molecular weight excluding hydrogens is 1150 g/mol. The minimum absolute atomic E-state index is 0.00501. The molecule has 1 N–H and O–H groups in total. The third-order valence-electron chi connectivity index (χ3n) is 13.0. The van der Waals surface area contributed by atoms with Gasteiger partial charge in [-0.15, -0.1) is 68.0 Å². The first-order chi connectivity index (χ1) is 40.4. The summed E-state index contributed by atoms with van der Waals surface area (Å²) in [6.07, 6.45) is 1.81. The Hall–Kier alpha value is -5.49. The summed E-state index contributed by atoms with van der Waals surface area (Å²) in [4.78, 5) is 51.5. The van der Waals surface area contributed by atoms with Gasteiger partial charge in [0.2, 0.25) is 0 Å². The van der Waals surface area contributed by atoms with Crippen molar-refractivity contribution in [1.82, 2.24) is 10.2 Å². The number of thiophene rings is 6. The van der Waals surface area contributed by atoms with Gasteiger partial charge >= 0.3 is 11.9 Å². The molecule has 432 valence electrons. The summed E-state index contributed by atoms with van der Waals surface area (Å²) in [6, 6.07) is 39.6. The molecule has 82 heavy (non-hydrogen) atoms. The van der Waals surface area contributed by atoms with E-state index < -0.39 is 5.97 Å². The van der Waals surface area contributed by atoms with Crippen molar-refractivity contribution in [3.63, 3.8) is 0 Å². The van der Waals surface area contributed by atoms with Crippen LogP contribution in [0.15, 0.2) is 137 Å². The number of ether oxygens (including phenoxy) is 8. The Kier molecular flexibility index (Phi) is 25.1. The van der Waals surface area contributed by atoms with E-state index in [4.69, 9.17) is 37.9 Å². The first-order valence-corrected chi connectivity index (χ1v) is 32.7. The number of amides is 1. The van der Waals surface area contributed by atoms with Crippen LogP contribution in [-0.2, 0) is 60.3 Å². The Bertz CT molecular complexity index is 3300. The van der Waals surface area contributed by atoms with Gasteiger partial charge in [0, 0.05) is 70.8 Å². The molecule has 0 aliphatic rings. The van der Waals surface area contributed by atoms with Crippen LogP contribution in [0.5, 0.6) is 0 Å². The lowest BCUT2D eigenvalue weighted by Crippen LogP contribution is -2.39. The summed E-state index contributed by atoms with van der Waals surface area (Å²) >= 11 is 10.7. The van der Waals surface area contributed by atoms with E-state index >= 15 is 0 Å². The maximum atomic E-state index is 14.1. The van der Waals surface area contributed by atoms with Crippen LogP contribution in [0.4, 0.5) is 0 Å². The Morgan fingerprint density at radius 3 is 1.32 bits per heavy atom. The molecule has 0 saturated heterocycles. The summed E-state index contributed by atoms with van der Waals surface area (Å²) in [6.45, 7) is 6.55. The largest absolute Gasteiger partial charge is 0.463 e. The first kappa shape index (κ1) is 61.1. The number of hydrogen-bond acceptors (Lipinski definition) is 18. The third kappa shape index (κ3) is 19.0. The summed E-state index contributed by atoms with van der Waals surface area (Å²) in [7, 11) is 0. The average molecular weight is 1220 g/mol. The number of carbonyl (C=O) groups excluding carboxylic acids is 3. The summed E-state index contributed by atoms with van der Waals surface area (Å²) in [5.74, 6) is -0.993. The molecule has 0 unspecified atom stereocenters. The molecular formula is C63H68N2O11S6. The van der Waals surface area contributed by atoms with Gasteiger partial charge in [0.05, 0.1) is 92.1 Å². The van der Waals surface area contributed by atoms with Crippen molar-refractivity contribution in [2.45, 2.75) is 25.7 Å².